The summed E-state index contributed by atoms with van der Waals surface area (Å²) in [7, 11) is 1.65. The Morgan fingerprint density at radius 2 is 1.92 bits per heavy atom. The van der Waals surface area contributed by atoms with Crippen LogP contribution in [0.3, 0.4) is 0 Å². The molecule has 2 aromatic rings. The normalized spacial score (nSPS) is 18.1. The lowest BCUT2D eigenvalue weighted by Gasteiger charge is -2.29. The van der Waals surface area contributed by atoms with Crippen molar-refractivity contribution in [3.05, 3.63) is 53.6 Å². The van der Waals surface area contributed by atoms with Gasteiger partial charge in [-0.3, -0.25) is 10.1 Å². The Labute approximate surface area is 212 Å². The van der Waals surface area contributed by atoms with Crippen molar-refractivity contribution in [2.24, 2.45) is 11.0 Å². The molecule has 1 N–H and O–H groups in total. The number of rotatable bonds is 9. The molecular formula is C28H35N3O5. The summed E-state index contributed by atoms with van der Waals surface area (Å²) >= 11 is 0. The summed E-state index contributed by atoms with van der Waals surface area (Å²) in [6.45, 7) is 4.43. The number of ether oxygens (including phenoxy) is 3. The van der Waals surface area contributed by atoms with Crippen LogP contribution in [-0.2, 0) is 16.1 Å². The molecule has 4 rings (SSSR count). The van der Waals surface area contributed by atoms with Crippen LogP contribution in [0.15, 0.2) is 47.6 Å². The molecule has 1 aliphatic carbocycles. The third-order valence-corrected chi connectivity index (χ3v) is 6.65. The smallest absolute Gasteiger partial charge is 0.411 e. The standard InChI is InChI=1S/C28H35N3O5/c1-4-20-17-26(32)31(18-19-9-8-10-22(15-19)29-28(33)35-5-2)30-27(20)21-13-14-24(34-3)25(16-21)36-23-11-6-7-12-23/h8-10,13-16,20,23H,4-7,11-12,17-18H2,1-3H3,(H,29,33). The van der Waals surface area contributed by atoms with E-state index in [9.17, 15) is 9.59 Å². The van der Waals surface area contributed by atoms with Crippen molar-refractivity contribution in [2.45, 2.75) is 65.0 Å². The van der Waals surface area contributed by atoms with Crippen molar-refractivity contribution in [3.63, 3.8) is 0 Å². The fourth-order valence-corrected chi connectivity index (χ4v) is 4.75. The molecule has 0 spiro atoms. The number of hydrazone groups is 1. The summed E-state index contributed by atoms with van der Waals surface area (Å²) < 4.78 is 16.8. The SMILES string of the molecule is CCOC(=O)Nc1cccc(CN2N=C(c3ccc(OC)c(OC4CCCC4)c3)C(CC)CC2=O)c1. The number of anilines is 1. The quantitative estimate of drug-likeness (QED) is 0.481. The average Bonchev–Trinajstić information content (AvgIpc) is 3.38. The predicted molar refractivity (Wildman–Crippen MR) is 138 cm³/mol. The molecule has 0 radical (unpaired) electrons. The van der Waals surface area contributed by atoms with E-state index in [0.29, 0.717) is 31.0 Å². The van der Waals surface area contributed by atoms with Gasteiger partial charge in [0.2, 0.25) is 5.91 Å². The number of benzene rings is 2. The molecule has 192 valence electrons. The summed E-state index contributed by atoms with van der Waals surface area (Å²) in [5, 5.41) is 9.04. The first-order valence-corrected chi connectivity index (χ1v) is 12.8. The third kappa shape index (κ3) is 6.17. The number of carbonyl (C=O) groups is 2. The Morgan fingerprint density at radius 1 is 1.11 bits per heavy atom. The maximum Gasteiger partial charge on any atom is 0.411 e. The second-order valence-corrected chi connectivity index (χ2v) is 9.18. The highest BCUT2D eigenvalue weighted by Crippen LogP contribution is 2.34. The van der Waals surface area contributed by atoms with Gasteiger partial charge in [0.25, 0.3) is 0 Å². The zero-order valence-electron chi connectivity index (χ0n) is 21.3. The van der Waals surface area contributed by atoms with E-state index in [-0.39, 0.29) is 17.9 Å². The molecule has 36 heavy (non-hydrogen) atoms. The Balaban J connectivity index is 1.58. The molecule has 0 saturated heterocycles. The molecule has 2 aliphatic rings. The summed E-state index contributed by atoms with van der Waals surface area (Å²) in [4.78, 5) is 24.8. The Bertz CT molecular complexity index is 1110. The molecule has 1 fully saturated rings. The first kappa shape index (κ1) is 25.5. The molecule has 8 heteroatoms. The first-order valence-electron chi connectivity index (χ1n) is 12.8. The number of carbonyl (C=O) groups excluding carboxylic acids is 2. The number of nitrogens with zero attached hydrogens (tertiary/aromatic N) is 2. The minimum Gasteiger partial charge on any atom is -0.493 e. The first-order chi connectivity index (χ1) is 17.5. The molecular weight excluding hydrogens is 458 g/mol. The van der Waals surface area contributed by atoms with Crippen molar-refractivity contribution in [3.8, 4) is 11.5 Å². The van der Waals surface area contributed by atoms with Crippen LogP contribution in [0.1, 0.15) is 63.5 Å². The van der Waals surface area contributed by atoms with Crippen LogP contribution >= 0.6 is 0 Å². The summed E-state index contributed by atoms with van der Waals surface area (Å²) in [5.41, 5.74) is 3.27. The van der Waals surface area contributed by atoms with Gasteiger partial charge in [-0.1, -0.05) is 19.1 Å². The van der Waals surface area contributed by atoms with Crippen molar-refractivity contribution in [2.75, 3.05) is 19.0 Å². The van der Waals surface area contributed by atoms with E-state index < -0.39 is 6.09 Å². The van der Waals surface area contributed by atoms with E-state index in [1.54, 1.807) is 20.1 Å². The van der Waals surface area contributed by atoms with Crippen molar-refractivity contribution < 1.29 is 23.8 Å². The van der Waals surface area contributed by atoms with E-state index in [1.807, 2.05) is 36.4 Å². The highest BCUT2D eigenvalue weighted by atomic mass is 16.5. The monoisotopic (exact) mass is 493 g/mol. The Morgan fingerprint density at radius 3 is 2.64 bits per heavy atom. The minimum atomic E-state index is -0.509. The van der Waals surface area contributed by atoms with Gasteiger partial charge in [-0.25, -0.2) is 9.80 Å². The van der Waals surface area contributed by atoms with E-state index >= 15 is 0 Å². The fourth-order valence-electron chi connectivity index (χ4n) is 4.75. The second kappa shape index (κ2) is 11.9. The van der Waals surface area contributed by atoms with Crippen molar-refractivity contribution >= 4 is 23.4 Å². The highest BCUT2D eigenvalue weighted by Gasteiger charge is 2.30. The van der Waals surface area contributed by atoms with Crippen molar-refractivity contribution in [1.82, 2.24) is 5.01 Å². The van der Waals surface area contributed by atoms with Gasteiger partial charge >= 0.3 is 6.09 Å². The molecule has 1 heterocycles. The van der Waals surface area contributed by atoms with E-state index in [2.05, 4.69) is 12.2 Å². The van der Waals surface area contributed by atoms with Gasteiger partial charge in [-0.15, -0.1) is 0 Å². The number of nitrogens with one attached hydrogen (secondary N) is 1. The van der Waals surface area contributed by atoms with Crippen LogP contribution in [0.2, 0.25) is 0 Å². The molecule has 1 unspecified atom stereocenters. The van der Waals surface area contributed by atoms with Crippen molar-refractivity contribution in [1.29, 1.82) is 0 Å². The molecule has 1 saturated carbocycles. The zero-order chi connectivity index (χ0) is 25.5. The van der Waals surface area contributed by atoms with Crippen LogP contribution < -0.4 is 14.8 Å². The largest absolute Gasteiger partial charge is 0.493 e. The van der Waals surface area contributed by atoms with Gasteiger partial charge in [0.1, 0.15) is 0 Å². The van der Waals surface area contributed by atoms with E-state index in [4.69, 9.17) is 19.3 Å². The summed E-state index contributed by atoms with van der Waals surface area (Å²) in [6.07, 6.45) is 5.37. The van der Waals surface area contributed by atoms with Gasteiger partial charge < -0.3 is 14.2 Å². The van der Waals surface area contributed by atoms with Crippen LogP contribution in [0, 0.1) is 5.92 Å². The molecule has 2 aromatic carbocycles. The lowest BCUT2D eigenvalue weighted by molar-refractivity contribution is -0.133. The van der Waals surface area contributed by atoms with Gasteiger partial charge in [0.05, 0.1) is 32.1 Å². The highest BCUT2D eigenvalue weighted by molar-refractivity contribution is 6.06. The molecule has 0 bridgehead atoms. The van der Waals surface area contributed by atoms with Crippen LogP contribution in [0.5, 0.6) is 11.5 Å². The van der Waals surface area contributed by atoms with Gasteiger partial charge in [-0.05, 0) is 74.9 Å². The second-order valence-electron chi connectivity index (χ2n) is 9.18. The average molecular weight is 494 g/mol. The molecule has 0 aromatic heterocycles. The fraction of sp³-hybridized carbons (Fsp3) is 0.464. The Hall–Kier alpha value is -3.55. The lowest BCUT2D eigenvalue weighted by atomic mass is 9.89. The maximum atomic E-state index is 13.0. The van der Waals surface area contributed by atoms with Crippen LogP contribution in [0.4, 0.5) is 10.5 Å². The third-order valence-electron chi connectivity index (χ3n) is 6.65. The molecule has 1 aliphatic heterocycles. The lowest BCUT2D eigenvalue weighted by Crippen LogP contribution is -2.36. The van der Waals surface area contributed by atoms with Crippen LogP contribution in [-0.4, -0.2) is 42.5 Å². The molecule has 1 atom stereocenters. The molecule has 8 nitrogen and oxygen atoms in total. The van der Waals surface area contributed by atoms with Gasteiger partial charge in [0, 0.05) is 23.6 Å². The number of hydrogen-bond acceptors (Lipinski definition) is 6. The van der Waals surface area contributed by atoms with E-state index in [1.165, 1.54) is 17.9 Å². The summed E-state index contributed by atoms with van der Waals surface area (Å²) in [6, 6.07) is 13.2. The minimum absolute atomic E-state index is 0.0229. The summed E-state index contributed by atoms with van der Waals surface area (Å²) in [5.74, 6) is 1.43. The predicted octanol–water partition coefficient (Wildman–Crippen LogP) is 5.75. The van der Waals surface area contributed by atoms with Gasteiger partial charge in [-0.2, -0.15) is 5.10 Å². The topological polar surface area (TPSA) is 89.5 Å². The Kier molecular flexibility index (Phi) is 8.46. The number of amides is 2. The molecule has 2 amide bonds. The zero-order valence-corrected chi connectivity index (χ0v) is 21.3. The number of methoxy groups -OCH3 is 1. The van der Waals surface area contributed by atoms with Gasteiger partial charge in [0.15, 0.2) is 11.5 Å². The van der Waals surface area contributed by atoms with E-state index in [0.717, 1.165) is 41.9 Å². The van der Waals surface area contributed by atoms with Crippen LogP contribution in [0.25, 0.3) is 0 Å². The number of hydrogen-bond donors (Lipinski definition) is 1. The maximum absolute atomic E-state index is 13.0.